The number of benzene rings is 2. The van der Waals surface area contributed by atoms with Crippen molar-refractivity contribution in [2.45, 2.75) is 32.6 Å². The summed E-state index contributed by atoms with van der Waals surface area (Å²) in [6.07, 6.45) is 12.5. The molecule has 1 aliphatic rings. The molecule has 0 spiro atoms. The molecule has 0 unspecified atom stereocenters. The van der Waals surface area contributed by atoms with Crippen LogP contribution in [0.5, 0.6) is 0 Å². The normalized spacial score (nSPS) is 13.6. The zero-order valence-electron chi connectivity index (χ0n) is 17.6. The molecule has 4 rings (SSSR count). The Morgan fingerprint density at radius 1 is 1.20 bits per heavy atom. The third-order valence-electron chi connectivity index (χ3n) is 5.37. The van der Waals surface area contributed by atoms with Crippen LogP contribution in [0.3, 0.4) is 0 Å². The van der Waals surface area contributed by atoms with Gasteiger partial charge in [-0.25, -0.2) is 4.98 Å². The number of nitrogens with zero attached hydrogens (tertiary/aromatic N) is 2. The third kappa shape index (κ3) is 4.80. The monoisotopic (exact) mass is 418 g/mol. The second-order valence-corrected chi connectivity index (χ2v) is 7.72. The molecule has 1 aromatic heterocycles. The lowest BCUT2D eigenvalue weighted by Gasteiger charge is -2.19. The summed E-state index contributed by atoms with van der Waals surface area (Å²) < 4.78 is 2.16. The fourth-order valence-electron chi connectivity index (χ4n) is 3.78. The molecule has 3 aromatic rings. The van der Waals surface area contributed by atoms with Gasteiger partial charge < -0.3 is 4.57 Å². The maximum atomic E-state index is 10.1. The number of aldehydes is 1. The molecule has 0 saturated carbocycles. The number of halogens is 1. The van der Waals surface area contributed by atoms with Gasteiger partial charge in [-0.3, -0.25) is 4.79 Å². The summed E-state index contributed by atoms with van der Waals surface area (Å²) >= 11 is 6.12. The topological polar surface area (TPSA) is 34.9 Å². The fraction of sp³-hybridized carbons (Fsp3) is 0.231. The Hall–Kier alpha value is -2.91. The molecule has 3 nitrogen and oxygen atoms in total. The Morgan fingerprint density at radius 3 is 2.73 bits per heavy atom. The summed E-state index contributed by atoms with van der Waals surface area (Å²) in [5.41, 5.74) is 7.02. The highest BCUT2D eigenvalue weighted by Gasteiger charge is 2.18. The maximum absolute atomic E-state index is 10.1. The van der Waals surface area contributed by atoms with Crippen molar-refractivity contribution in [1.29, 1.82) is 0 Å². The first-order valence-electron chi connectivity index (χ1n) is 10.2. The van der Waals surface area contributed by atoms with Gasteiger partial charge in [0, 0.05) is 23.2 Å². The molecule has 0 fully saturated rings. The number of hydrogen-bond donors (Lipinski definition) is 0. The molecule has 1 heterocycles. The highest BCUT2D eigenvalue weighted by molar-refractivity contribution is 6.31. The van der Waals surface area contributed by atoms with Gasteiger partial charge in [0.05, 0.1) is 11.0 Å². The number of aromatic nitrogens is 2. The van der Waals surface area contributed by atoms with Crippen molar-refractivity contribution in [3.63, 3.8) is 0 Å². The molecule has 154 valence electrons. The van der Waals surface area contributed by atoms with Gasteiger partial charge in [-0.05, 0) is 61.9 Å². The molecule has 0 amide bonds. The number of carbonyl (C=O) groups excluding carboxylic acids is 1. The predicted molar refractivity (Wildman–Crippen MR) is 127 cm³/mol. The van der Waals surface area contributed by atoms with Gasteiger partial charge >= 0.3 is 0 Å². The summed E-state index contributed by atoms with van der Waals surface area (Å²) in [6, 6.07) is 12.5. The Morgan fingerprint density at radius 2 is 2.00 bits per heavy atom. The Kier molecular flexibility index (Phi) is 7.42. The van der Waals surface area contributed by atoms with Crippen LogP contribution in [0.25, 0.3) is 22.4 Å². The highest BCUT2D eigenvalue weighted by Crippen LogP contribution is 2.33. The van der Waals surface area contributed by atoms with E-state index in [9.17, 15) is 4.79 Å². The molecule has 30 heavy (non-hydrogen) atoms. The van der Waals surface area contributed by atoms with E-state index in [2.05, 4.69) is 36.4 Å². The van der Waals surface area contributed by atoms with Gasteiger partial charge in [0.2, 0.25) is 0 Å². The summed E-state index contributed by atoms with van der Waals surface area (Å²) in [6.45, 7) is 5.29. The van der Waals surface area contributed by atoms with Gasteiger partial charge in [-0.1, -0.05) is 60.7 Å². The first-order chi connectivity index (χ1) is 14.6. The smallest absolute Gasteiger partial charge is 0.149 e. The molecule has 0 radical (unpaired) electrons. The van der Waals surface area contributed by atoms with Crippen molar-refractivity contribution in [3.05, 3.63) is 89.0 Å². The molecule has 0 saturated heterocycles. The molecule has 4 heteroatoms. The second-order valence-electron chi connectivity index (χ2n) is 7.28. The van der Waals surface area contributed by atoms with Gasteiger partial charge in [0.15, 0.2) is 0 Å². The van der Waals surface area contributed by atoms with Crippen molar-refractivity contribution in [3.8, 4) is 11.4 Å². The molecule has 0 N–H and O–H groups in total. The lowest BCUT2D eigenvalue weighted by Crippen LogP contribution is -2.06. The van der Waals surface area contributed by atoms with E-state index in [1.807, 2.05) is 25.1 Å². The van der Waals surface area contributed by atoms with Crippen LogP contribution >= 0.6 is 11.6 Å². The van der Waals surface area contributed by atoms with Crippen molar-refractivity contribution in [1.82, 2.24) is 9.55 Å². The van der Waals surface area contributed by atoms with Crippen molar-refractivity contribution in [2.75, 3.05) is 0 Å². The van der Waals surface area contributed by atoms with E-state index in [0.29, 0.717) is 5.57 Å². The molecular formula is C26H27ClN2O. The minimum atomic E-state index is 0.676. The maximum Gasteiger partial charge on any atom is 0.149 e. The SMILES string of the molecule is C=C/C=C\C(C=O)=C/C.Cn1c(-c2cccc3c2CCCC3)nc2ccc(Cl)cc21. The largest absolute Gasteiger partial charge is 0.327 e. The summed E-state index contributed by atoms with van der Waals surface area (Å²) in [5.74, 6) is 1.05. The molecule has 1 aliphatic carbocycles. The van der Waals surface area contributed by atoms with Crippen molar-refractivity contribution < 1.29 is 4.79 Å². The van der Waals surface area contributed by atoms with Gasteiger partial charge in [0.25, 0.3) is 0 Å². The summed E-state index contributed by atoms with van der Waals surface area (Å²) in [7, 11) is 2.07. The Balaban J connectivity index is 0.000000244. The number of carbonyl (C=O) groups is 1. The minimum Gasteiger partial charge on any atom is -0.327 e. The Labute approximate surface area is 183 Å². The van der Waals surface area contributed by atoms with Crippen LogP contribution in [0.4, 0.5) is 0 Å². The van der Waals surface area contributed by atoms with Crippen molar-refractivity contribution in [2.24, 2.45) is 7.05 Å². The van der Waals surface area contributed by atoms with E-state index in [1.54, 1.807) is 24.3 Å². The minimum absolute atomic E-state index is 0.676. The highest BCUT2D eigenvalue weighted by atomic mass is 35.5. The average molecular weight is 419 g/mol. The van der Waals surface area contributed by atoms with E-state index >= 15 is 0 Å². The van der Waals surface area contributed by atoms with Crippen LogP contribution in [0.1, 0.15) is 30.9 Å². The quantitative estimate of drug-likeness (QED) is 0.270. The van der Waals surface area contributed by atoms with Crippen molar-refractivity contribution >= 4 is 28.9 Å². The number of fused-ring (bicyclic) bond motifs is 2. The zero-order chi connectivity index (χ0) is 21.5. The number of rotatable bonds is 4. The summed E-state index contributed by atoms with van der Waals surface area (Å²) in [5, 5.41) is 0.757. The van der Waals surface area contributed by atoms with Crippen LogP contribution in [0, 0.1) is 0 Å². The van der Waals surface area contributed by atoms with Gasteiger partial charge in [0.1, 0.15) is 12.1 Å². The first-order valence-corrected chi connectivity index (χ1v) is 10.6. The van der Waals surface area contributed by atoms with Crippen LogP contribution in [0.15, 0.2) is 72.9 Å². The first kappa shape index (κ1) is 21.8. The summed E-state index contributed by atoms with van der Waals surface area (Å²) in [4.78, 5) is 14.9. The van der Waals surface area contributed by atoms with Crippen LogP contribution in [0.2, 0.25) is 5.02 Å². The van der Waals surface area contributed by atoms with E-state index in [-0.39, 0.29) is 0 Å². The van der Waals surface area contributed by atoms with Crippen LogP contribution in [-0.2, 0) is 24.7 Å². The van der Waals surface area contributed by atoms with Crippen LogP contribution in [-0.4, -0.2) is 15.8 Å². The number of imidazole rings is 1. The van der Waals surface area contributed by atoms with Gasteiger partial charge in [-0.15, -0.1) is 0 Å². The zero-order valence-corrected chi connectivity index (χ0v) is 18.3. The Bertz CT molecular complexity index is 1120. The van der Waals surface area contributed by atoms with E-state index in [4.69, 9.17) is 16.6 Å². The second kappa shape index (κ2) is 10.2. The predicted octanol–water partition coefficient (Wildman–Crippen LogP) is 6.65. The lowest BCUT2D eigenvalue weighted by atomic mass is 9.88. The third-order valence-corrected chi connectivity index (χ3v) is 5.61. The van der Waals surface area contributed by atoms with Crippen LogP contribution < -0.4 is 0 Å². The van der Waals surface area contributed by atoms with E-state index in [0.717, 1.165) is 34.6 Å². The number of aryl methyl sites for hydroxylation is 2. The standard InChI is InChI=1S/C18H17ClN2.C8H10O/c1-21-17-11-13(19)9-10-16(17)20-18(21)15-8-4-6-12-5-2-3-7-14(12)15;1-3-5-6-8(4-2)7-9/h4,6,8-11H,2-3,5,7H2,1H3;3-7H,1H2,2H3/b;6-5-,8-4+. The number of allylic oxidation sites excluding steroid dienone is 5. The van der Waals surface area contributed by atoms with E-state index in [1.165, 1.54) is 36.0 Å². The van der Waals surface area contributed by atoms with Gasteiger partial charge in [-0.2, -0.15) is 0 Å². The average Bonchev–Trinajstić information content (AvgIpc) is 3.10. The molecule has 0 aliphatic heterocycles. The lowest BCUT2D eigenvalue weighted by molar-refractivity contribution is -0.104. The molecule has 2 aromatic carbocycles. The molecule has 0 bridgehead atoms. The fourth-order valence-corrected chi connectivity index (χ4v) is 3.94. The van der Waals surface area contributed by atoms with E-state index < -0.39 is 0 Å². The molecule has 0 atom stereocenters. The number of hydrogen-bond acceptors (Lipinski definition) is 2. The molecular weight excluding hydrogens is 392 g/mol.